The molecular weight excluding hydrogens is 381 g/mol. The molecule has 1 fully saturated rings. The molecule has 0 atom stereocenters. The highest BCUT2D eigenvalue weighted by atomic mass is 79.9. The molecule has 0 N–H and O–H groups in total. The molecule has 0 spiro atoms. The Morgan fingerprint density at radius 3 is 1.90 bits per heavy atom. The smallest absolute Gasteiger partial charge is 0.168 e. The van der Waals surface area contributed by atoms with Crippen LogP contribution in [0.5, 0.6) is 0 Å². The molecule has 0 nitrogen and oxygen atoms in total. The monoisotopic (exact) mass is 398 g/mol. The van der Waals surface area contributed by atoms with Crippen LogP contribution in [0.25, 0.3) is 0 Å². The zero-order chi connectivity index (χ0) is 15.9. The van der Waals surface area contributed by atoms with Gasteiger partial charge in [0.25, 0.3) is 0 Å². The average Bonchev–Trinajstić information content (AvgIpc) is 2.37. The van der Waals surface area contributed by atoms with E-state index in [0.717, 1.165) is 28.0 Å². The Labute approximate surface area is 140 Å². The van der Waals surface area contributed by atoms with Crippen LogP contribution in [0, 0.1) is 11.3 Å². The van der Waals surface area contributed by atoms with Crippen LogP contribution in [0.2, 0.25) is 0 Å². The zero-order valence-electron chi connectivity index (χ0n) is 12.1. The molecule has 1 heterocycles. The summed E-state index contributed by atoms with van der Waals surface area (Å²) in [6.45, 7) is 6.29. The van der Waals surface area contributed by atoms with E-state index in [1.165, 1.54) is 0 Å². The third kappa shape index (κ3) is 3.58. The molecule has 0 aliphatic carbocycles. The Morgan fingerprint density at radius 1 is 1.05 bits per heavy atom. The van der Waals surface area contributed by atoms with Crippen LogP contribution in [0.4, 0.5) is 13.2 Å². The van der Waals surface area contributed by atoms with E-state index in [2.05, 4.69) is 36.7 Å². The maximum atomic E-state index is 13.8. The molecule has 0 saturated carbocycles. The van der Waals surface area contributed by atoms with Crippen molar-refractivity contribution in [3.8, 4) is 0 Å². The van der Waals surface area contributed by atoms with Gasteiger partial charge in [-0.05, 0) is 40.5 Å². The van der Waals surface area contributed by atoms with Gasteiger partial charge in [0, 0.05) is 4.47 Å². The van der Waals surface area contributed by atoms with E-state index >= 15 is 0 Å². The fraction of sp³-hybridized carbons (Fsp3) is 0.600. The summed E-state index contributed by atoms with van der Waals surface area (Å²) >= 11 is 5.35. The first kappa shape index (κ1) is 17.5. The van der Waals surface area contributed by atoms with Gasteiger partial charge in [-0.15, -0.1) is 23.5 Å². The Balaban J connectivity index is 2.32. The van der Waals surface area contributed by atoms with Crippen molar-refractivity contribution < 1.29 is 13.2 Å². The quantitative estimate of drug-likeness (QED) is 0.543. The van der Waals surface area contributed by atoms with Crippen molar-refractivity contribution in [2.75, 3.05) is 11.5 Å². The molecule has 1 aromatic rings. The average molecular weight is 399 g/mol. The maximum absolute atomic E-state index is 13.8. The molecule has 1 aliphatic heterocycles. The lowest BCUT2D eigenvalue weighted by Crippen LogP contribution is -2.42. The fourth-order valence-corrected chi connectivity index (χ4v) is 6.38. The highest BCUT2D eigenvalue weighted by Gasteiger charge is 2.59. The Kier molecular flexibility index (Phi) is 5.02. The van der Waals surface area contributed by atoms with Gasteiger partial charge in [0.1, 0.15) is 0 Å². The third-order valence-corrected chi connectivity index (χ3v) is 7.92. The summed E-state index contributed by atoms with van der Waals surface area (Å²) in [6.07, 6.45) is -4.26. The molecule has 2 rings (SSSR count). The first-order chi connectivity index (χ1) is 9.56. The molecule has 0 bridgehead atoms. The maximum Gasteiger partial charge on any atom is 0.416 e. The van der Waals surface area contributed by atoms with Gasteiger partial charge in [-0.2, -0.15) is 13.2 Å². The highest BCUT2D eigenvalue weighted by Crippen LogP contribution is 2.61. The van der Waals surface area contributed by atoms with Gasteiger partial charge < -0.3 is 0 Å². The predicted octanol–water partition coefficient (Wildman–Crippen LogP) is 6.31. The number of hydrogen-bond donors (Lipinski definition) is 0. The van der Waals surface area contributed by atoms with Crippen LogP contribution in [-0.2, 0) is 4.08 Å². The van der Waals surface area contributed by atoms with Gasteiger partial charge >= 0.3 is 6.18 Å². The van der Waals surface area contributed by atoms with Crippen molar-refractivity contribution in [3.63, 3.8) is 0 Å². The minimum atomic E-state index is -4.26. The number of rotatable bonds is 1. The van der Waals surface area contributed by atoms with E-state index in [1.54, 1.807) is 24.3 Å². The summed E-state index contributed by atoms with van der Waals surface area (Å²) in [7, 11) is 0. The van der Waals surface area contributed by atoms with Crippen LogP contribution in [0.1, 0.15) is 26.3 Å². The molecule has 1 aromatic carbocycles. The Bertz CT molecular complexity index is 483. The van der Waals surface area contributed by atoms with Crippen LogP contribution in [-0.4, -0.2) is 17.7 Å². The largest absolute Gasteiger partial charge is 0.416 e. The molecule has 0 aromatic heterocycles. The molecule has 1 aliphatic rings. The normalized spacial score (nSPS) is 27.7. The van der Waals surface area contributed by atoms with Crippen molar-refractivity contribution >= 4 is 39.5 Å². The fourth-order valence-electron chi connectivity index (χ4n) is 2.19. The van der Waals surface area contributed by atoms with Crippen molar-refractivity contribution in [2.45, 2.75) is 31.0 Å². The number of alkyl halides is 3. The molecule has 6 heteroatoms. The molecule has 0 unspecified atom stereocenters. The second-order valence-electron chi connectivity index (χ2n) is 6.31. The lowest BCUT2D eigenvalue weighted by Gasteiger charge is -2.44. The van der Waals surface area contributed by atoms with Crippen LogP contribution < -0.4 is 0 Å². The SMILES string of the molecule is CC(C)(C)C1CSC(c2ccc(Br)cc2)(C(F)(F)F)SC1. The topological polar surface area (TPSA) is 0 Å². The van der Waals surface area contributed by atoms with Crippen LogP contribution in [0.15, 0.2) is 28.7 Å². The standard InChI is InChI=1S/C15H18BrF3S2/c1-13(2,3)11-8-20-14(21-9-11,15(17,18)19)10-4-6-12(16)7-5-10/h4-7,11H,8-9H2,1-3H3. The summed E-state index contributed by atoms with van der Waals surface area (Å²) in [6, 6.07) is 6.52. The molecule has 1 saturated heterocycles. The van der Waals surface area contributed by atoms with Gasteiger partial charge in [0.2, 0.25) is 0 Å². The van der Waals surface area contributed by atoms with E-state index in [-0.39, 0.29) is 5.41 Å². The molecule has 0 amide bonds. The van der Waals surface area contributed by atoms with E-state index in [1.807, 2.05) is 0 Å². The van der Waals surface area contributed by atoms with Crippen LogP contribution in [0.3, 0.4) is 0 Å². The first-order valence-corrected chi connectivity index (χ1v) is 9.43. The van der Waals surface area contributed by atoms with E-state index in [9.17, 15) is 13.2 Å². The molecule has 0 radical (unpaired) electrons. The third-order valence-electron chi connectivity index (χ3n) is 3.80. The van der Waals surface area contributed by atoms with Gasteiger partial charge in [0.05, 0.1) is 0 Å². The van der Waals surface area contributed by atoms with Gasteiger partial charge in [-0.25, -0.2) is 0 Å². The summed E-state index contributed by atoms with van der Waals surface area (Å²) in [5, 5.41) is 0. The van der Waals surface area contributed by atoms with Crippen molar-refractivity contribution in [3.05, 3.63) is 34.3 Å². The van der Waals surface area contributed by atoms with E-state index in [4.69, 9.17) is 0 Å². The highest BCUT2D eigenvalue weighted by molar-refractivity contribution is 9.10. The van der Waals surface area contributed by atoms with E-state index in [0.29, 0.717) is 23.0 Å². The summed E-state index contributed by atoms with van der Waals surface area (Å²) < 4.78 is 40.2. The molecular formula is C15H18BrF3S2. The molecule has 21 heavy (non-hydrogen) atoms. The minimum absolute atomic E-state index is 0.0392. The lowest BCUT2D eigenvalue weighted by atomic mass is 9.83. The number of hydrogen-bond acceptors (Lipinski definition) is 2. The number of thioether (sulfide) groups is 2. The van der Waals surface area contributed by atoms with Gasteiger partial charge in [-0.3, -0.25) is 0 Å². The second-order valence-corrected chi connectivity index (χ2v) is 9.95. The van der Waals surface area contributed by atoms with E-state index < -0.39 is 10.3 Å². The summed E-state index contributed by atoms with van der Waals surface area (Å²) in [4.78, 5) is 0. The van der Waals surface area contributed by atoms with Crippen molar-refractivity contribution in [1.29, 1.82) is 0 Å². The summed E-state index contributed by atoms with van der Waals surface area (Å²) in [5.41, 5.74) is 0.373. The van der Waals surface area contributed by atoms with Crippen molar-refractivity contribution in [2.24, 2.45) is 11.3 Å². The first-order valence-electron chi connectivity index (χ1n) is 6.67. The molecule has 118 valence electrons. The zero-order valence-corrected chi connectivity index (χ0v) is 15.3. The second kappa shape index (κ2) is 6.00. The minimum Gasteiger partial charge on any atom is -0.168 e. The number of halogens is 4. The Hall–Kier alpha value is 0.190. The lowest BCUT2D eigenvalue weighted by molar-refractivity contribution is -0.139. The van der Waals surface area contributed by atoms with Crippen molar-refractivity contribution in [1.82, 2.24) is 0 Å². The number of benzene rings is 1. The van der Waals surface area contributed by atoms with Gasteiger partial charge in [-0.1, -0.05) is 48.8 Å². The predicted molar refractivity (Wildman–Crippen MR) is 89.7 cm³/mol. The van der Waals surface area contributed by atoms with Crippen LogP contribution >= 0.6 is 39.5 Å². The summed E-state index contributed by atoms with van der Waals surface area (Å²) in [5.74, 6) is 1.36. The van der Waals surface area contributed by atoms with Gasteiger partial charge in [0.15, 0.2) is 4.08 Å². The Morgan fingerprint density at radius 2 is 1.52 bits per heavy atom.